The zero-order valence-electron chi connectivity index (χ0n) is 14.3. The Morgan fingerprint density at radius 2 is 2.13 bits per heavy atom. The topological polar surface area (TPSA) is 48.9 Å². The van der Waals surface area contributed by atoms with Gasteiger partial charge in [0.05, 0.1) is 6.61 Å². The Balaban J connectivity index is 0.00000264. The highest BCUT2D eigenvalue weighted by atomic mass is 127. The minimum absolute atomic E-state index is 0. The smallest absolute Gasteiger partial charge is 0.191 e. The van der Waals surface area contributed by atoms with Crippen LogP contribution in [0.3, 0.4) is 0 Å². The Labute approximate surface area is 156 Å². The number of aliphatic imine (C=N–C) groups is 1. The van der Waals surface area contributed by atoms with E-state index in [2.05, 4.69) is 33.6 Å². The fourth-order valence-electron chi connectivity index (χ4n) is 2.80. The van der Waals surface area contributed by atoms with E-state index in [1.54, 1.807) is 0 Å². The fraction of sp³-hybridized carbons (Fsp3) is 0.588. The highest BCUT2D eigenvalue weighted by Crippen LogP contribution is 2.17. The number of likely N-dealkylation sites (N-methyl/N-ethyl adjacent to an activating group) is 1. The van der Waals surface area contributed by atoms with Gasteiger partial charge < -0.3 is 20.3 Å². The standard InChI is InChI=1S/C17H28N4O.HI/c1-4-22-16-10-6-5-8-14(16)12-19-17(18-2)20-13-15-9-7-11-21(15)3;/h5-6,8,10,15H,4,7,9,11-13H2,1-3H3,(H2,18,19,20);1H. The van der Waals surface area contributed by atoms with Gasteiger partial charge in [0.15, 0.2) is 5.96 Å². The van der Waals surface area contributed by atoms with Crippen molar-refractivity contribution in [1.29, 1.82) is 0 Å². The summed E-state index contributed by atoms with van der Waals surface area (Å²) >= 11 is 0. The number of rotatable bonds is 6. The number of nitrogens with one attached hydrogen (secondary N) is 2. The van der Waals surface area contributed by atoms with Crippen LogP contribution in [0.25, 0.3) is 0 Å². The molecule has 1 fully saturated rings. The summed E-state index contributed by atoms with van der Waals surface area (Å²) in [6.45, 7) is 5.51. The average molecular weight is 432 g/mol. The molecule has 2 rings (SSSR count). The quantitative estimate of drug-likeness (QED) is 0.412. The van der Waals surface area contributed by atoms with Crippen LogP contribution in [0, 0.1) is 0 Å². The molecule has 1 aromatic carbocycles. The molecule has 1 saturated heterocycles. The summed E-state index contributed by atoms with van der Waals surface area (Å²) in [5.41, 5.74) is 1.14. The lowest BCUT2D eigenvalue weighted by Gasteiger charge is -2.21. The third-order valence-corrected chi connectivity index (χ3v) is 4.12. The van der Waals surface area contributed by atoms with E-state index in [-0.39, 0.29) is 24.0 Å². The Hall–Kier alpha value is -1.02. The van der Waals surface area contributed by atoms with Crippen molar-refractivity contribution in [3.8, 4) is 5.75 Å². The molecule has 1 aliphatic heterocycles. The fourth-order valence-corrected chi connectivity index (χ4v) is 2.80. The van der Waals surface area contributed by atoms with Crippen LogP contribution in [0.2, 0.25) is 0 Å². The van der Waals surface area contributed by atoms with Gasteiger partial charge in [-0.1, -0.05) is 18.2 Å². The summed E-state index contributed by atoms with van der Waals surface area (Å²) in [5.74, 6) is 1.77. The molecule has 2 N–H and O–H groups in total. The molecule has 0 radical (unpaired) electrons. The van der Waals surface area contributed by atoms with Crippen molar-refractivity contribution in [1.82, 2.24) is 15.5 Å². The number of hydrogen-bond donors (Lipinski definition) is 2. The predicted octanol–water partition coefficient (Wildman–Crippen LogP) is 2.46. The molecule has 1 atom stereocenters. The number of nitrogens with zero attached hydrogens (tertiary/aromatic N) is 2. The summed E-state index contributed by atoms with van der Waals surface area (Å²) in [7, 11) is 4.00. The van der Waals surface area contributed by atoms with Gasteiger partial charge in [0.2, 0.25) is 0 Å². The summed E-state index contributed by atoms with van der Waals surface area (Å²) < 4.78 is 5.65. The molecule has 130 valence electrons. The molecular formula is C17H29IN4O. The third-order valence-electron chi connectivity index (χ3n) is 4.12. The number of likely N-dealkylation sites (tertiary alicyclic amines) is 1. The van der Waals surface area contributed by atoms with E-state index >= 15 is 0 Å². The maximum absolute atomic E-state index is 5.65. The van der Waals surface area contributed by atoms with Gasteiger partial charge in [-0.2, -0.15) is 0 Å². The van der Waals surface area contributed by atoms with Crippen molar-refractivity contribution in [2.24, 2.45) is 4.99 Å². The zero-order valence-corrected chi connectivity index (χ0v) is 16.7. The number of benzene rings is 1. The molecular weight excluding hydrogens is 403 g/mol. The van der Waals surface area contributed by atoms with Crippen molar-refractivity contribution in [3.05, 3.63) is 29.8 Å². The van der Waals surface area contributed by atoms with Crippen LogP contribution in [-0.2, 0) is 6.54 Å². The number of ether oxygens (including phenoxy) is 1. The van der Waals surface area contributed by atoms with Crippen LogP contribution in [0.4, 0.5) is 0 Å². The van der Waals surface area contributed by atoms with Crippen LogP contribution in [-0.4, -0.2) is 50.7 Å². The van der Waals surface area contributed by atoms with Crippen LogP contribution in [0.15, 0.2) is 29.3 Å². The molecule has 6 heteroatoms. The first-order chi connectivity index (χ1) is 10.7. The van der Waals surface area contributed by atoms with Gasteiger partial charge in [-0.05, 0) is 39.4 Å². The Morgan fingerprint density at radius 3 is 2.78 bits per heavy atom. The minimum Gasteiger partial charge on any atom is -0.494 e. The maximum atomic E-state index is 5.65. The van der Waals surface area contributed by atoms with Gasteiger partial charge in [-0.25, -0.2) is 0 Å². The van der Waals surface area contributed by atoms with E-state index in [0.29, 0.717) is 19.2 Å². The summed E-state index contributed by atoms with van der Waals surface area (Å²) in [4.78, 5) is 6.71. The van der Waals surface area contributed by atoms with Gasteiger partial charge in [-0.3, -0.25) is 4.99 Å². The Morgan fingerprint density at radius 1 is 1.35 bits per heavy atom. The van der Waals surface area contributed by atoms with Gasteiger partial charge in [0.1, 0.15) is 5.75 Å². The lowest BCUT2D eigenvalue weighted by molar-refractivity contribution is 0.309. The van der Waals surface area contributed by atoms with E-state index in [1.807, 2.05) is 32.2 Å². The van der Waals surface area contributed by atoms with Crippen molar-refractivity contribution < 1.29 is 4.74 Å². The monoisotopic (exact) mass is 432 g/mol. The number of hydrogen-bond acceptors (Lipinski definition) is 3. The molecule has 1 heterocycles. The van der Waals surface area contributed by atoms with E-state index in [1.165, 1.54) is 19.4 Å². The van der Waals surface area contributed by atoms with E-state index in [9.17, 15) is 0 Å². The summed E-state index contributed by atoms with van der Waals surface area (Å²) in [6, 6.07) is 8.72. The molecule has 1 unspecified atom stereocenters. The van der Waals surface area contributed by atoms with Crippen LogP contribution < -0.4 is 15.4 Å². The highest BCUT2D eigenvalue weighted by Gasteiger charge is 2.20. The SMILES string of the molecule is CCOc1ccccc1CNC(=NC)NCC1CCCN1C.I. The second-order valence-corrected chi connectivity index (χ2v) is 5.62. The minimum atomic E-state index is 0. The molecule has 5 nitrogen and oxygen atoms in total. The van der Waals surface area contributed by atoms with Crippen LogP contribution in [0.1, 0.15) is 25.3 Å². The second kappa shape index (κ2) is 10.7. The molecule has 1 aliphatic rings. The van der Waals surface area contributed by atoms with Gasteiger partial charge in [0, 0.05) is 31.7 Å². The predicted molar refractivity (Wildman–Crippen MR) is 107 cm³/mol. The van der Waals surface area contributed by atoms with Crippen molar-refractivity contribution in [2.75, 3.05) is 33.8 Å². The first-order valence-electron chi connectivity index (χ1n) is 8.10. The lowest BCUT2D eigenvalue weighted by atomic mass is 10.2. The average Bonchev–Trinajstić information content (AvgIpc) is 2.94. The van der Waals surface area contributed by atoms with Crippen molar-refractivity contribution >= 4 is 29.9 Å². The summed E-state index contributed by atoms with van der Waals surface area (Å²) in [5, 5.41) is 6.78. The molecule has 0 amide bonds. The first-order valence-corrected chi connectivity index (χ1v) is 8.10. The number of guanidine groups is 1. The first kappa shape index (κ1) is 20.0. The zero-order chi connectivity index (χ0) is 15.8. The molecule has 0 aromatic heterocycles. The van der Waals surface area contributed by atoms with Crippen LogP contribution in [0.5, 0.6) is 5.75 Å². The Bertz CT molecular complexity index is 495. The molecule has 0 bridgehead atoms. The van der Waals surface area contributed by atoms with Gasteiger partial charge in [0.25, 0.3) is 0 Å². The second-order valence-electron chi connectivity index (χ2n) is 5.62. The van der Waals surface area contributed by atoms with E-state index < -0.39 is 0 Å². The molecule has 0 aliphatic carbocycles. The number of halogens is 1. The third kappa shape index (κ3) is 6.18. The Kier molecular flexibility index (Phi) is 9.31. The van der Waals surface area contributed by atoms with E-state index in [4.69, 9.17) is 4.74 Å². The molecule has 23 heavy (non-hydrogen) atoms. The highest BCUT2D eigenvalue weighted by molar-refractivity contribution is 14.0. The van der Waals surface area contributed by atoms with Gasteiger partial charge in [-0.15, -0.1) is 24.0 Å². The normalized spacial score (nSPS) is 18.4. The van der Waals surface area contributed by atoms with Crippen molar-refractivity contribution in [3.63, 3.8) is 0 Å². The summed E-state index contributed by atoms with van der Waals surface area (Å²) in [6.07, 6.45) is 2.55. The van der Waals surface area contributed by atoms with Gasteiger partial charge >= 0.3 is 0 Å². The maximum Gasteiger partial charge on any atom is 0.191 e. The number of para-hydroxylation sites is 1. The lowest BCUT2D eigenvalue weighted by Crippen LogP contribution is -2.43. The largest absolute Gasteiger partial charge is 0.494 e. The molecule has 1 aromatic rings. The van der Waals surface area contributed by atoms with Crippen molar-refractivity contribution in [2.45, 2.75) is 32.4 Å². The molecule has 0 spiro atoms. The van der Waals surface area contributed by atoms with E-state index in [0.717, 1.165) is 23.8 Å². The molecule has 0 saturated carbocycles. The van der Waals surface area contributed by atoms with Crippen LogP contribution >= 0.6 is 24.0 Å².